The van der Waals surface area contributed by atoms with Crippen LogP contribution in [-0.2, 0) is 16.4 Å². The first-order valence-electron chi connectivity index (χ1n) is 14.5. The van der Waals surface area contributed by atoms with Crippen molar-refractivity contribution < 1.29 is 13.2 Å². The van der Waals surface area contributed by atoms with Crippen molar-refractivity contribution in [2.75, 3.05) is 41.3 Å². The van der Waals surface area contributed by atoms with Gasteiger partial charge in [0.05, 0.1) is 6.04 Å². The molecule has 1 saturated carbocycles. The first kappa shape index (κ1) is 27.8. The Labute approximate surface area is 243 Å². The molecule has 216 valence electrons. The van der Waals surface area contributed by atoms with Crippen LogP contribution in [0.3, 0.4) is 0 Å². The number of aryl methyl sites for hydroxylation is 2. The third-order valence-electron chi connectivity index (χ3n) is 9.30. The van der Waals surface area contributed by atoms with E-state index in [2.05, 4.69) is 85.3 Å². The third kappa shape index (κ3) is 5.01. The van der Waals surface area contributed by atoms with Gasteiger partial charge in [-0.3, -0.25) is 4.79 Å². The highest BCUT2D eigenvalue weighted by molar-refractivity contribution is 7.91. The fraction of sp³-hybridized carbons (Fsp3) is 0.424. The van der Waals surface area contributed by atoms with Crippen molar-refractivity contribution in [2.45, 2.75) is 57.7 Å². The Morgan fingerprint density at radius 2 is 1.63 bits per heavy atom. The lowest BCUT2D eigenvalue weighted by Gasteiger charge is -2.42. The second kappa shape index (κ2) is 9.88. The minimum absolute atomic E-state index is 0.0900. The molecule has 2 heterocycles. The number of hydrogen-bond acceptors (Lipinski definition) is 6. The summed E-state index contributed by atoms with van der Waals surface area (Å²) in [6.07, 6.45) is 1.36. The molecule has 3 aliphatic rings. The first-order chi connectivity index (χ1) is 19.4. The van der Waals surface area contributed by atoms with Gasteiger partial charge < -0.3 is 15.1 Å². The van der Waals surface area contributed by atoms with Gasteiger partial charge >= 0.3 is 0 Å². The number of fused-ring (bicyclic) bond motifs is 1. The lowest BCUT2D eigenvalue weighted by Crippen LogP contribution is -2.46. The molecule has 2 fully saturated rings. The van der Waals surface area contributed by atoms with E-state index in [1.165, 1.54) is 28.1 Å². The number of piperazine rings is 1. The molecule has 0 bridgehead atoms. The number of benzene rings is 3. The Hall–Kier alpha value is -3.36. The highest BCUT2D eigenvalue weighted by Gasteiger charge is 2.59. The molecule has 1 atom stereocenters. The van der Waals surface area contributed by atoms with Gasteiger partial charge in [-0.2, -0.15) is 0 Å². The fourth-order valence-corrected chi connectivity index (χ4v) is 7.83. The van der Waals surface area contributed by atoms with Gasteiger partial charge in [-0.05, 0) is 91.6 Å². The van der Waals surface area contributed by atoms with E-state index in [0.29, 0.717) is 18.4 Å². The zero-order valence-corrected chi connectivity index (χ0v) is 25.2. The summed E-state index contributed by atoms with van der Waals surface area (Å²) in [5.41, 5.74) is 8.74. The van der Waals surface area contributed by atoms with E-state index in [0.717, 1.165) is 43.9 Å². The van der Waals surface area contributed by atoms with Crippen molar-refractivity contribution in [3.8, 4) is 0 Å². The molecular weight excluding hydrogens is 532 g/mol. The lowest BCUT2D eigenvalue weighted by atomic mass is 9.72. The Morgan fingerprint density at radius 1 is 0.927 bits per heavy atom. The number of primary sulfonamides is 1. The maximum atomic E-state index is 13.1. The predicted octanol–water partition coefficient (Wildman–Crippen LogP) is 5.37. The molecule has 8 heteroatoms. The van der Waals surface area contributed by atoms with Gasteiger partial charge in [0.15, 0.2) is 5.78 Å². The second-order valence-electron chi connectivity index (χ2n) is 12.8. The quantitative estimate of drug-likeness (QED) is 0.386. The van der Waals surface area contributed by atoms with Crippen LogP contribution in [0.15, 0.2) is 60.7 Å². The summed E-state index contributed by atoms with van der Waals surface area (Å²) in [7, 11) is -3.93. The van der Waals surface area contributed by atoms with Gasteiger partial charge in [-0.25, -0.2) is 13.6 Å². The van der Waals surface area contributed by atoms with Crippen LogP contribution in [0.4, 0.5) is 17.1 Å². The van der Waals surface area contributed by atoms with Gasteiger partial charge in [0.1, 0.15) is 4.75 Å². The van der Waals surface area contributed by atoms with E-state index in [1.54, 1.807) is 6.07 Å². The van der Waals surface area contributed by atoms with E-state index < -0.39 is 14.8 Å². The zero-order chi connectivity index (χ0) is 29.2. The minimum atomic E-state index is -3.93. The van der Waals surface area contributed by atoms with Gasteiger partial charge in [0.2, 0.25) is 10.0 Å². The number of hydrogen-bond donors (Lipinski definition) is 2. The number of Topliss-reactive ketones (excluding diaryl/α,β-unsaturated/α-hetero) is 1. The smallest absolute Gasteiger partial charge is 0.222 e. The van der Waals surface area contributed by atoms with Crippen molar-refractivity contribution in [3.63, 3.8) is 0 Å². The number of anilines is 3. The van der Waals surface area contributed by atoms with Crippen LogP contribution < -0.4 is 20.3 Å². The molecule has 6 rings (SSSR count). The van der Waals surface area contributed by atoms with E-state index in [4.69, 9.17) is 5.14 Å². The van der Waals surface area contributed by atoms with Crippen LogP contribution >= 0.6 is 0 Å². The summed E-state index contributed by atoms with van der Waals surface area (Å²) in [5, 5.41) is 9.16. The largest absolute Gasteiger partial charge is 0.377 e. The number of carbonyl (C=O) groups excluding carboxylic acids is 1. The van der Waals surface area contributed by atoms with Crippen LogP contribution in [-0.4, -0.2) is 45.1 Å². The lowest BCUT2D eigenvalue weighted by molar-refractivity contribution is 0.0978. The van der Waals surface area contributed by atoms with E-state index in [-0.39, 0.29) is 17.2 Å². The van der Waals surface area contributed by atoms with Crippen molar-refractivity contribution >= 4 is 32.9 Å². The summed E-state index contributed by atoms with van der Waals surface area (Å²) in [6, 6.07) is 21.2. The topological polar surface area (TPSA) is 95.7 Å². The highest BCUT2D eigenvalue weighted by Crippen LogP contribution is 2.48. The number of nitrogens with zero attached hydrogens (tertiary/aromatic N) is 2. The van der Waals surface area contributed by atoms with Gasteiger partial charge in [-0.1, -0.05) is 43.7 Å². The maximum Gasteiger partial charge on any atom is 0.222 e. The second-order valence-corrected chi connectivity index (χ2v) is 14.7. The van der Waals surface area contributed by atoms with Crippen LogP contribution in [0.5, 0.6) is 0 Å². The van der Waals surface area contributed by atoms with Gasteiger partial charge in [0.25, 0.3) is 0 Å². The zero-order valence-electron chi connectivity index (χ0n) is 24.4. The summed E-state index contributed by atoms with van der Waals surface area (Å²) in [5.74, 6) is -0.381. The number of sulfonamides is 1. The molecule has 0 spiro atoms. The fourth-order valence-electron chi connectivity index (χ4n) is 6.78. The van der Waals surface area contributed by atoms with E-state index in [9.17, 15) is 13.2 Å². The third-order valence-corrected chi connectivity index (χ3v) is 11.0. The Bertz CT molecular complexity index is 1620. The number of nitrogens with one attached hydrogen (secondary N) is 1. The van der Waals surface area contributed by atoms with Crippen LogP contribution in [0.25, 0.3) is 0 Å². The molecule has 3 aromatic rings. The molecule has 1 aliphatic carbocycles. The van der Waals surface area contributed by atoms with Crippen molar-refractivity contribution in [1.29, 1.82) is 0 Å². The molecular formula is C33H40N4O3S. The number of rotatable bonds is 6. The van der Waals surface area contributed by atoms with Crippen LogP contribution in [0, 0.1) is 19.3 Å². The van der Waals surface area contributed by atoms with Crippen molar-refractivity contribution in [2.24, 2.45) is 10.6 Å². The number of nitrogens with two attached hydrogens (primary N) is 1. The maximum absolute atomic E-state index is 13.1. The Kier molecular flexibility index (Phi) is 6.70. The Balaban J connectivity index is 1.19. The molecule has 0 aromatic heterocycles. The highest BCUT2D eigenvalue weighted by atomic mass is 32.2. The van der Waals surface area contributed by atoms with Crippen LogP contribution in [0.2, 0.25) is 0 Å². The van der Waals surface area contributed by atoms with Gasteiger partial charge in [-0.15, -0.1) is 0 Å². The summed E-state index contributed by atoms with van der Waals surface area (Å²) >= 11 is 0. The molecule has 7 nitrogen and oxygen atoms in total. The summed E-state index contributed by atoms with van der Waals surface area (Å²) in [6.45, 7) is 12.7. The molecule has 3 aromatic carbocycles. The summed E-state index contributed by atoms with van der Waals surface area (Å²) in [4.78, 5) is 18.1. The number of ketones is 1. The van der Waals surface area contributed by atoms with Crippen molar-refractivity contribution in [3.05, 3.63) is 88.5 Å². The van der Waals surface area contributed by atoms with E-state index in [1.807, 2.05) is 12.1 Å². The van der Waals surface area contributed by atoms with Gasteiger partial charge in [0, 0.05) is 48.8 Å². The monoisotopic (exact) mass is 572 g/mol. The van der Waals surface area contributed by atoms with Crippen molar-refractivity contribution in [1.82, 2.24) is 0 Å². The minimum Gasteiger partial charge on any atom is -0.377 e. The molecule has 0 radical (unpaired) electrons. The Morgan fingerprint density at radius 3 is 2.29 bits per heavy atom. The average molecular weight is 573 g/mol. The SMILES string of the molecule is Cc1ccc(N2CCN(c3cccc(C4Nc5ccc(C(=O)C6(S(N)(=O)=O)CC6)cc5CC4(C)C)c3)CC2)c(C)c1. The number of carbonyl (C=O) groups is 1. The average Bonchev–Trinajstić information content (AvgIpc) is 3.74. The van der Waals surface area contributed by atoms with Crippen LogP contribution in [0.1, 0.15) is 65.3 Å². The normalized spacial score (nSPS) is 21.1. The predicted molar refractivity (Wildman–Crippen MR) is 166 cm³/mol. The standard InChI is InChI=1S/C33H40N4O3S/c1-22-8-11-29(23(2)18-22)37-16-14-36(15-17-37)27-7-5-6-24(20-27)30-32(3,4)21-26-19-25(9-10-28(26)35-30)31(38)33(12-13-33)41(34,39)40/h5-11,18-20,30,35H,12-17,21H2,1-4H3,(H2,34,39,40). The molecule has 0 amide bonds. The van der Waals surface area contributed by atoms with E-state index >= 15 is 0 Å². The molecule has 2 aliphatic heterocycles. The molecule has 1 unspecified atom stereocenters. The summed E-state index contributed by atoms with van der Waals surface area (Å²) < 4.78 is 22.8. The first-order valence-corrected chi connectivity index (χ1v) is 16.1. The molecule has 3 N–H and O–H groups in total. The molecule has 1 saturated heterocycles. The molecule has 41 heavy (non-hydrogen) atoms.